The van der Waals surface area contributed by atoms with Crippen molar-refractivity contribution in [2.45, 2.75) is 33.1 Å². The van der Waals surface area contributed by atoms with Crippen LogP contribution in [0.5, 0.6) is 0 Å². The van der Waals surface area contributed by atoms with Gasteiger partial charge in [-0.15, -0.1) is 0 Å². The van der Waals surface area contributed by atoms with Gasteiger partial charge in [-0.3, -0.25) is 0 Å². The third kappa shape index (κ3) is 1.72. The Hall–Kier alpha value is -1.09. The summed E-state index contributed by atoms with van der Waals surface area (Å²) in [5.74, 6) is 0.415. The molecular formula is C11H14ClN3. The summed E-state index contributed by atoms with van der Waals surface area (Å²) in [6.07, 6.45) is 2.73. The van der Waals surface area contributed by atoms with Crippen LogP contribution < -0.4 is 0 Å². The average molecular weight is 224 g/mol. The van der Waals surface area contributed by atoms with Crippen LogP contribution in [0.3, 0.4) is 0 Å². The van der Waals surface area contributed by atoms with E-state index in [0.29, 0.717) is 11.1 Å². The van der Waals surface area contributed by atoms with Crippen LogP contribution in [-0.2, 0) is 6.42 Å². The molecule has 0 bridgehead atoms. The SMILES string of the molecule is CCc1cc(Cl)n2ncc(C(C)C)c2n1. The van der Waals surface area contributed by atoms with E-state index in [-0.39, 0.29) is 0 Å². The Labute approximate surface area is 94.1 Å². The first kappa shape index (κ1) is 10.4. The molecule has 0 amide bonds. The fourth-order valence-corrected chi connectivity index (χ4v) is 1.83. The fourth-order valence-electron chi connectivity index (χ4n) is 1.58. The zero-order valence-electron chi connectivity index (χ0n) is 9.16. The standard InChI is InChI=1S/C11H14ClN3/c1-4-8-5-10(12)15-11(14-8)9(6-13-15)7(2)3/h5-7H,4H2,1-3H3. The quantitative estimate of drug-likeness (QED) is 0.733. The molecule has 15 heavy (non-hydrogen) atoms. The second-order valence-corrected chi connectivity index (χ2v) is 4.30. The summed E-state index contributed by atoms with van der Waals surface area (Å²) in [5.41, 5.74) is 3.04. The van der Waals surface area contributed by atoms with Crippen LogP contribution >= 0.6 is 11.6 Å². The second kappa shape index (κ2) is 3.81. The minimum Gasteiger partial charge on any atom is -0.233 e. The van der Waals surface area contributed by atoms with Crippen molar-refractivity contribution >= 4 is 17.2 Å². The van der Waals surface area contributed by atoms with Crippen LogP contribution in [0.1, 0.15) is 37.9 Å². The lowest BCUT2D eigenvalue weighted by Gasteiger charge is -2.04. The third-order valence-corrected chi connectivity index (χ3v) is 2.76. The van der Waals surface area contributed by atoms with E-state index >= 15 is 0 Å². The van der Waals surface area contributed by atoms with Gasteiger partial charge < -0.3 is 0 Å². The number of hydrogen-bond acceptors (Lipinski definition) is 2. The number of aromatic nitrogens is 3. The molecule has 2 rings (SSSR count). The molecule has 3 nitrogen and oxygen atoms in total. The highest BCUT2D eigenvalue weighted by Crippen LogP contribution is 2.22. The maximum Gasteiger partial charge on any atom is 0.160 e. The van der Waals surface area contributed by atoms with Crippen molar-refractivity contribution in [3.8, 4) is 0 Å². The lowest BCUT2D eigenvalue weighted by Crippen LogP contribution is -1.98. The van der Waals surface area contributed by atoms with Gasteiger partial charge in [0.25, 0.3) is 0 Å². The molecular weight excluding hydrogens is 210 g/mol. The van der Waals surface area contributed by atoms with Crippen LogP contribution in [0.2, 0.25) is 5.15 Å². The maximum absolute atomic E-state index is 6.12. The lowest BCUT2D eigenvalue weighted by atomic mass is 10.1. The van der Waals surface area contributed by atoms with E-state index in [1.165, 1.54) is 0 Å². The van der Waals surface area contributed by atoms with E-state index in [1.807, 2.05) is 12.3 Å². The number of nitrogens with zero attached hydrogens (tertiary/aromatic N) is 3. The molecule has 0 aromatic carbocycles. The molecule has 0 aliphatic heterocycles. The Balaban J connectivity index is 2.72. The van der Waals surface area contributed by atoms with Gasteiger partial charge in [-0.25, -0.2) is 9.50 Å². The first-order valence-corrected chi connectivity index (χ1v) is 5.54. The van der Waals surface area contributed by atoms with Gasteiger partial charge in [0, 0.05) is 11.3 Å². The van der Waals surface area contributed by atoms with E-state index < -0.39 is 0 Å². The summed E-state index contributed by atoms with van der Waals surface area (Å²) in [6.45, 7) is 6.33. The minimum absolute atomic E-state index is 0.415. The topological polar surface area (TPSA) is 30.2 Å². The summed E-state index contributed by atoms with van der Waals surface area (Å²) in [7, 11) is 0. The molecule has 0 aliphatic carbocycles. The van der Waals surface area contributed by atoms with Crippen molar-refractivity contribution in [3.63, 3.8) is 0 Å². The molecule has 0 atom stereocenters. The van der Waals surface area contributed by atoms with E-state index in [1.54, 1.807) is 4.52 Å². The van der Waals surface area contributed by atoms with Gasteiger partial charge in [-0.05, 0) is 18.4 Å². The van der Waals surface area contributed by atoms with Gasteiger partial charge >= 0.3 is 0 Å². The van der Waals surface area contributed by atoms with E-state index in [0.717, 1.165) is 23.3 Å². The molecule has 0 fully saturated rings. The van der Waals surface area contributed by atoms with Gasteiger partial charge in [-0.2, -0.15) is 5.10 Å². The summed E-state index contributed by atoms with van der Waals surface area (Å²) in [6, 6.07) is 1.87. The molecule has 0 spiro atoms. The Morgan fingerprint density at radius 3 is 2.80 bits per heavy atom. The monoisotopic (exact) mass is 223 g/mol. The van der Waals surface area contributed by atoms with Gasteiger partial charge in [-0.1, -0.05) is 32.4 Å². The molecule has 4 heteroatoms. The summed E-state index contributed by atoms with van der Waals surface area (Å²) < 4.78 is 1.69. The normalized spacial score (nSPS) is 11.5. The first-order chi connectivity index (χ1) is 7.13. The lowest BCUT2D eigenvalue weighted by molar-refractivity contribution is 0.868. The third-order valence-electron chi connectivity index (χ3n) is 2.49. The second-order valence-electron chi connectivity index (χ2n) is 3.91. The average Bonchev–Trinajstić information content (AvgIpc) is 2.61. The molecule has 80 valence electrons. The highest BCUT2D eigenvalue weighted by molar-refractivity contribution is 6.29. The van der Waals surface area contributed by atoms with Gasteiger partial charge in [0.15, 0.2) is 5.65 Å². The number of hydrogen-bond donors (Lipinski definition) is 0. The van der Waals surface area contributed by atoms with Crippen LogP contribution in [0.4, 0.5) is 0 Å². The van der Waals surface area contributed by atoms with Crippen LogP contribution in [0, 0.1) is 0 Å². The number of halogens is 1. The largest absolute Gasteiger partial charge is 0.233 e. The predicted octanol–water partition coefficient (Wildman–Crippen LogP) is 3.07. The Bertz CT molecular complexity index is 488. The van der Waals surface area contributed by atoms with Crippen molar-refractivity contribution in [1.29, 1.82) is 0 Å². The molecule has 0 saturated carbocycles. The number of rotatable bonds is 2. The highest BCUT2D eigenvalue weighted by Gasteiger charge is 2.11. The minimum atomic E-state index is 0.415. The first-order valence-electron chi connectivity index (χ1n) is 5.16. The maximum atomic E-state index is 6.12. The van der Waals surface area contributed by atoms with Crippen molar-refractivity contribution in [2.75, 3.05) is 0 Å². The molecule has 2 heterocycles. The van der Waals surface area contributed by atoms with Gasteiger partial charge in [0.05, 0.1) is 6.20 Å². The van der Waals surface area contributed by atoms with Crippen molar-refractivity contribution < 1.29 is 0 Å². The predicted molar refractivity (Wildman–Crippen MR) is 61.5 cm³/mol. The molecule has 0 radical (unpaired) electrons. The van der Waals surface area contributed by atoms with E-state index in [2.05, 4.69) is 30.9 Å². The summed E-state index contributed by atoms with van der Waals surface area (Å²) in [4.78, 5) is 4.55. The molecule has 0 unspecified atom stereocenters. The fraction of sp³-hybridized carbons (Fsp3) is 0.455. The number of aryl methyl sites for hydroxylation is 1. The smallest absolute Gasteiger partial charge is 0.160 e. The van der Waals surface area contributed by atoms with Crippen molar-refractivity contribution in [3.05, 3.63) is 28.7 Å². The molecule has 0 aliphatic rings. The summed E-state index contributed by atoms with van der Waals surface area (Å²) >= 11 is 6.12. The molecule has 0 saturated heterocycles. The number of fused-ring (bicyclic) bond motifs is 1. The molecule has 2 aromatic heterocycles. The van der Waals surface area contributed by atoms with E-state index in [4.69, 9.17) is 11.6 Å². The van der Waals surface area contributed by atoms with Crippen molar-refractivity contribution in [2.24, 2.45) is 0 Å². The Kier molecular flexibility index (Phi) is 2.65. The molecule has 0 N–H and O–H groups in total. The molecule has 2 aromatic rings. The van der Waals surface area contributed by atoms with E-state index in [9.17, 15) is 0 Å². The zero-order chi connectivity index (χ0) is 11.0. The van der Waals surface area contributed by atoms with Crippen LogP contribution in [0.15, 0.2) is 12.3 Å². The van der Waals surface area contributed by atoms with Gasteiger partial charge in [0.1, 0.15) is 5.15 Å². The van der Waals surface area contributed by atoms with Gasteiger partial charge in [0.2, 0.25) is 0 Å². The van der Waals surface area contributed by atoms with Crippen LogP contribution in [0.25, 0.3) is 5.65 Å². The zero-order valence-corrected chi connectivity index (χ0v) is 9.91. The highest BCUT2D eigenvalue weighted by atomic mass is 35.5. The van der Waals surface area contributed by atoms with Crippen molar-refractivity contribution in [1.82, 2.24) is 14.6 Å². The summed E-state index contributed by atoms with van der Waals surface area (Å²) in [5, 5.41) is 4.87. The Morgan fingerprint density at radius 1 is 1.47 bits per heavy atom. The Morgan fingerprint density at radius 2 is 2.20 bits per heavy atom. The van der Waals surface area contributed by atoms with Crippen LogP contribution in [-0.4, -0.2) is 14.6 Å².